The van der Waals surface area contributed by atoms with Crippen molar-refractivity contribution in [2.45, 2.75) is 34.2 Å². The number of carbonyl (C=O) groups excluding carboxylic acids is 2. The zero-order valence-corrected chi connectivity index (χ0v) is 22.2. The van der Waals surface area contributed by atoms with E-state index in [9.17, 15) is 9.59 Å². The van der Waals surface area contributed by atoms with Crippen LogP contribution in [0.5, 0.6) is 0 Å². The number of carbonyl (C=O) groups is 2. The van der Waals surface area contributed by atoms with Crippen molar-refractivity contribution in [2.24, 2.45) is 5.10 Å². The third kappa shape index (κ3) is 7.84. The number of amides is 2. The summed E-state index contributed by atoms with van der Waals surface area (Å²) in [6.45, 7) is 12.8. The Balaban J connectivity index is 1.60. The Morgan fingerprint density at radius 1 is 1.03 bits per heavy atom. The summed E-state index contributed by atoms with van der Waals surface area (Å²) < 4.78 is 0. The largest absolute Gasteiger partial charge is 0.320 e. The van der Waals surface area contributed by atoms with E-state index in [0.29, 0.717) is 22.7 Å². The lowest BCUT2D eigenvalue weighted by atomic mass is 10.1. The molecule has 1 aromatic heterocycles. The molecule has 0 bridgehead atoms. The van der Waals surface area contributed by atoms with E-state index < -0.39 is 0 Å². The molecule has 0 atom stereocenters. The zero-order chi connectivity index (χ0) is 25.9. The molecule has 0 spiro atoms. The summed E-state index contributed by atoms with van der Waals surface area (Å²) >= 11 is 1.28. The van der Waals surface area contributed by atoms with Gasteiger partial charge in [0.25, 0.3) is 11.8 Å². The molecule has 8 heteroatoms. The molecule has 0 aliphatic carbocycles. The van der Waals surface area contributed by atoms with Gasteiger partial charge < -0.3 is 15.5 Å². The number of aryl methyl sites for hydroxylation is 2. The van der Waals surface area contributed by atoms with Gasteiger partial charge in [-0.3, -0.25) is 9.59 Å². The fraction of sp³-hybridized carbons (Fsp3) is 0.321. The monoisotopic (exact) mass is 505 g/mol. The second-order valence-electron chi connectivity index (χ2n) is 8.59. The van der Waals surface area contributed by atoms with E-state index in [4.69, 9.17) is 0 Å². The molecular formula is C28H35N5O2S. The van der Waals surface area contributed by atoms with Crippen molar-refractivity contribution in [1.82, 2.24) is 15.6 Å². The van der Waals surface area contributed by atoms with Gasteiger partial charge in [-0.25, -0.2) is 5.43 Å². The molecule has 3 rings (SSSR count). The number of benzene rings is 2. The highest BCUT2D eigenvalue weighted by atomic mass is 32.1. The van der Waals surface area contributed by atoms with Crippen LogP contribution in [0.1, 0.15) is 56.1 Å². The van der Waals surface area contributed by atoms with Gasteiger partial charge in [0.2, 0.25) is 0 Å². The molecular weight excluding hydrogens is 470 g/mol. The third-order valence-electron chi connectivity index (χ3n) is 5.89. The smallest absolute Gasteiger partial charge is 0.283 e. The van der Waals surface area contributed by atoms with Crippen LogP contribution in [0.25, 0.3) is 0 Å². The first-order valence-corrected chi connectivity index (χ1v) is 13.1. The predicted molar refractivity (Wildman–Crippen MR) is 149 cm³/mol. The van der Waals surface area contributed by atoms with Crippen LogP contribution in [0.2, 0.25) is 0 Å². The van der Waals surface area contributed by atoms with E-state index in [-0.39, 0.29) is 11.8 Å². The summed E-state index contributed by atoms with van der Waals surface area (Å²) in [6.07, 6.45) is 1.59. The lowest BCUT2D eigenvalue weighted by Gasteiger charge is -2.18. The molecule has 0 aliphatic rings. The maximum atomic E-state index is 13.0. The number of hydrogen-bond acceptors (Lipinski definition) is 6. The van der Waals surface area contributed by atoms with Gasteiger partial charge in [-0.15, -0.1) is 11.3 Å². The Morgan fingerprint density at radius 3 is 2.50 bits per heavy atom. The minimum Gasteiger partial charge on any atom is -0.320 e. The van der Waals surface area contributed by atoms with Crippen LogP contribution in [-0.4, -0.2) is 49.1 Å². The topological polar surface area (TPSA) is 85.8 Å². The highest BCUT2D eigenvalue weighted by Gasteiger charge is 2.19. The number of thiophene rings is 1. The minimum absolute atomic E-state index is 0.251. The van der Waals surface area contributed by atoms with Crippen molar-refractivity contribution in [1.29, 1.82) is 0 Å². The van der Waals surface area contributed by atoms with Crippen LogP contribution in [0.15, 0.2) is 59.0 Å². The first-order chi connectivity index (χ1) is 17.4. The van der Waals surface area contributed by atoms with Crippen molar-refractivity contribution >= 4 is 35.1 Å². The van der Waals surface area contributed by atoms with Crippen molar-refractivity contribution < 1.29 is 9.59 Å². The Hall–Kier alpha value is -3.33. The van der Waals surface area contributed by atoms with Gasteiger partial charge in [0.15, 0.2) is 0 Å². The van der Waals surface area contributed by atoms with E-state index in [0.717, 1.165) is 48.4 Å². The Kier molecular flexibility index (Phi) is 10.4. The van der Waals surface area contributed by atoms with Crippen molar-refractivity contribution in [3.8, 4) is 0 Å². The predicted octanol–water partition coefficient (Wildman–Crippen LogP) is 4.81. The van der Waals surface area contributed by atoms with Crippen LogP contribution < -0.4 is 16.1 Å². The summed E-state index contributed by atoms with van der Waals surface area (Å²) in [5.41, 5.74) is 7.53. The Morgan fingerprint density at radius 2 is 1.78 bits per heavy atom. The average molecular weight is 506 g/mol. The fourth-order valence-electron chi connectivity index (χ4n) is 3.65. The summed E-state index contributed by atoms with van der Waals surface area (Å²) in [4.78, 5) is 28.6. The van der Waals surface area contributed by atoms with Gasteiger partial charge in [-0.1, -0.05) is 55.8 Å². The summed E-state index contributed by atoms with van der Waals surface area (Å²) in [6, 6.07) is 15.4. The van der Waals surface area contributed by atoms with Crippen molar-refractivity contribution in [3.05, 3.63) is 86.6 Å². The quantitative estimate of drug-likeness (QED) is 0.187. The Labute approximate surface area is 217 Å². The molecule has 7 nitrogen and oxygen atoms in total. The summed E-state index contributed by atoms with van der Waals surface area (Å²) in [5, 5.41) is 12.3. The number of rotatable bonds is 12. The van der Waals surface area contributed by atoms with E-state index >= 15 is 0 Å². The van der Waals surface area contributed by atoms with Crippen molar-refractivity contribution in [2.75, 3.05) is 31.5 Å². The number of anilines is 1. The summed E-state index contributed by atoms with van der Waals surface area (Å²) in [5.74, 6) is -0.614. The minimum atomic E-state index is -0.363. The van der Waals surface area contributed by atoms with Crippen LogP contribution >= 0.6 is 11.3 Å². The maximum Gasteiger partial charge on any atom is 0.283 e. The molecule has 0 aliphatic heterocycles. The fourth-order valence-corrected chi connectivity index (χ4v) is 4.55. The van der Waals surface area contributed by atoms with Gasteiger partial charge in [0.05, 0.1) is 11.9 Å². The van der Waals surface area contributed by atoms with Gasteiger partial charge >= 0.3 is 0 Å². The lowest BCUT2D eigenvalue weighted by Crippen LogP contribution is -2.31. The van der Waals surface area contributed by atoms with Crippen LogP contribution in [0.4, 0.5) is 5.69 Å². The number of nitrogens with one attached hydrogen (secondary N) is 3. The zero-order valence-electron chi connectivity index (χ0n) is 21.4. The second-order valence-corrected chi connectivity index (χ2v) is 9.47. The Bertz CT molecular complexity index is 1180. The molecule has 1 heterocycles. The second kappa shape index (κ2) is 13.7. The van der Waals surface area contributed by atoms with Gasteiger partial charge in [0.1, 0.15) is 4.88 Å². The van der Waals surface area contributed by atoms with Crippen LogP contribution in [0.3, 0.4) is 0 Å². The van der Waals surface area contributed by atoms with Crippen molar-refractivity contribution in [3.63, 3.8) is 0 Å². The van der Waals surface area contributed by atoms with E-state index in [1.165, 1.54) is 11.3 Å². The molecule has 2 amide bonds. The molecule has 36 heavy (non-hydrogen) atoms. The molecule has 2 aromatic carbocycles. The average Bonchev–Trinajstić information content (AvgIpc) is 3.25. The number of hydrazone groups is 1. The number of likely N-dealkylation sites (N-methyl/N-ethyl adjacent to an activating group) is 1. The first-order valence-electron chi connectivity index (χ1n) is 12.2. The van der Waals surface area contributed by atoms with Crippen LogP contribution in [0, 0.1) is 13.8 Å². The molecule has 0 saturated carbocycles. The highest BCUT2D eigenvalue weighted by Crippen LogP contribution is 2.28. The molecule has 3 N–H and O–H groups in total. The van der Waals surface area contributed by atoms with E-state index in [1.807, 2.05) is 61.7 Å². The van der Waals surface area contributed by atoms with Crippen LogP contribution in [-0.2, 0) is 6.54 Å². The first kappa shape index (κ1) is 27.3. The van der Waals surface area contributed by atoms with Gasteiger partial charge in [-0.05, 0) is 61.1 Å². The highest BCUT2D eigenvalue weighted by molar-refractivity contribution is 7.13. The summed E-state index contributed by atoms with van der Waals surface area (Å²) in [7, 11) is 0. The normalized spacial score (nSPS) is 11.2. The standard InChI is InChI=1S/C28H35N5O2S/c1-5-33(6-2)15-14-29-17-23-8-7-9-24(16-23)27(34)31-25-21(4)19-36-26(25)28(35)32-30-18-22-12-10-20(3)11-13-22/h7-13,16,18-19,29H,5-6,14-15,17H2,1-4H3,(H,31,34)(H,32,35)/b30-18+. The molecule has 0 radical (unpaired) electrons. The maximum absolute atomic E-state index is 13.0. The molecule has 0 saturated heterocycles. The van der Waals surface area contributed by atoms with E-state index in [2.05, 4.69) is 39.9 Å². The van der Waals surface area contributed by atoms with Gasteiger partial charge in [0, 0.05) is 25.2 Å². The van der Waals surface area contributed by atoms with Gasteiger partial charge in [-0.2, -0.15) is 5.10 Å². The molecule has 0 unspecified atom stereocenters. The third-order valence-corrected chi connectivity index (χ3v) is 6.99. The number of hydrogen-bond donors (Lipinski definition) is 3. The SMILES string of the molecule is CCN(CC)CCNCc1cccc(C(=O)Nc2c(C)csc2C(=O)N/N=C/c2ccc(C)cc2)c1. The number of nitrogens with zero attached hydrogens (tertiary/aromatic N) is 2. The molecule has 0 fully saturated rings. The van der Waals surface area contributed by atoms with E-state index in [1.54, 1.807) is 12.3 Å². The molecule has 190 valence electrons. The lowest BCUT2D eigenvalue weighted by molar-refractivity contribution is 0.0960. The molecule has 3 aromatic rings.